The summed E-state index contributed by atoms with van der Waals surface area (Å²) in [6, 6.07) is 0. The van der Waals surface area contributed by atoms with Gasteiger partial charge in [-0.05, 0) is 0 Å². The number of carbonyl (C=O) groups is 1. The predicted octanol–water partition coefficient (Wildman–Crippen LogP) is -1.24. The Labute approximate surface area is 130 Å². The van der Waals surface area contributed by atoms with Gasteiger partial charge in [-0.15, -0.1) is 0 Å². The van der Waals surface area contributed by atoms with Crippen LogP contribution in [0.2, 0.25) is 0 Å². The van der Waals surface area contributed by atoms with Crippen LogP contribution < -0.4 is 12.3 Å². The molecular formula is CH12Mg2N2O9S2. The van der Waals surface area contributed by atoms with Crippen molar-refractivity contribution in [3.63, 3.8) is 0 Å². The maximum atomic E-state index is 9.95. The number of hydrogen-bond donors (Lipinski definition) is 4. The third-order valence-electron chi connectivity index (χ3n) is 0.347. The molecule has 0 aliphatic heterocycles. The van der Waals surface area contributed by atoms with Crippen LogP contribution >= 0.6 is 0 Å². The monoisotopic (exact) mass is 308 g/mol. The van der Waals surface area contributed by atoms with Crippen LogP contribution in [0.1, 0.15) is 5.71 Å². The smallest absolute Gasteiger partial charge is 1.00 e. The molecule has 0 bridgehead atoms. The molecule has 0 aliphatic carbocycles. The zero-order chi connectivity index (χ0) is 9.99. The van der Waals surface area contributed by atoms with E-state index >= 15 is 0 Å². The molecule has 0 aromatic carbocycles. The van der Waals surface area contributed by atoms with E-state index in [-0.39, 0.29) is 64.1 Å². The van der Waals surface area contributed by atoms with Gasteiger partial charge >= 0.3 is 73.1 Å². The van der Waals surface area contributed by atoms with Gasteiger partial charge in [-0.1, -0.05) is 0 Å². The third kappa shape index (κ3) is 24.0. The van der Waals surface area contributed by atoms with Gasteiger partial charge in [0.15, 0.2) is 0 Å². The quantitative estimate of drug-likeness (QED) is 0.349. The van der Waals surface area contributed by atoms with E-state index < -0.39 is 27.0 Å². The molecule has 0 saturated heterocycles. The van der Waals surface area contributed by atoms with Crippen molar-refractivity contribution in [2.24, 2.45) is 0 Å². The molecule has 8 N–H and O–H groups in total. The first-order valence-electron chi connectivity index (χ1n) is 1.98. The third-order valence-corrected chi connectivity index (χ3v) is 1.04. The maximum Gasteiger partial charge on any atom is 2.00 e. The van der Waals surface area contributed by atoms with Crippen molar-refractivity contribution < 1.29 is 44.8 Å². The zero-order valence-corrected chi connectivity index (χ0v) is 12.4. The van der Waals surface area contributed by atoms with E-state index in [0.29, 0.717) is 0 Å². The van der Waals surface area contributed by atoms with Crippen LogP contribution in [-0.2, 0) is 29.2 Å². The van der Waals surface area contributed by atoms with E-state index in [9.17, 15) is 21.6 Å². The topological polar surface area (TPSA) is 214 Å². The van der Waals surface area contributed by atoms with Crippen molar-refractivity contribution in [3.8, 4) is 0 Å². The van der Waals surface area contributed by atoms with Crippen LogP contribution in [0.25, 0.3) is 0 Å². The molecule has 11 nitrogen and oxygen atoms in total. The summed E-state index contributed by atoms with van der Waals surface area (Å²) in [6.45, 7) is 0. The summed E-state index contributed by atoms with van der Waals surface area (Å²) >= 11 is 0. The first-order chi connectivity index (χ1) is 5.10. The molecule has 0 aliphatic rings. The van der Waals surface area contributed by atoms with E-state index in [4.69, 9.17) is 9.11 Å². The Kier molecular flexibility index (Phi) is 20.0. The van der Waals surface area contributed by atoms with Crippen LogP contribution in [0.4, 0.5) is 4.79 Å². The van der Waals surface area contributed by atoms with Crippen molar-refractivity contribution in [1.82, 2.24) is 12.3 Å². The second-order valence-corrected chi connectivity index (χ2v) is 3.32. The van der Waals surface area contributed by atoms with E-state index in [1.165, 1.54) is 0 Å². The van der Waals surface area contributed by atoms with Gasteiger partial charge in [-0.25, -0.2) is 4.79 Å². The van der Waals surface area contributed by atoms with Crippen LogP contribution in [0.15, 0.2) is 0 Å². The van der Waals surface area contributed by atoms with Crippen LogP contribution in [-0.4, -0.2) is 78.2 Å². The molecular weight excluding hydrogens is 297 g/mol. The predicted molar refractivity (Wildman–Crippen MR) is 56.7 cm³/mol. The van der Waals surface area contributed by atoms with E-state index in [1.54, 1.807) is 0 Å². The van der Waals surface area contributed by atoms with Crippen molar-refractivity contribution >= 4 is 73.1 Å². The van der Waals surface area contributed by atoms with Crippen LogP contribution in [0.5, 0.6) is 0 Å². The molecule has 0 rings (SSSR count). The van der Waals surface area contributed by atoms with Gasteiger partial charge in [-0.2, -0.15) is 16.8 Å². The fourth-order valence-electron chi connectivity index (χ4n) is 0.186. The van der Waals surface area contributed by atoms with Gasteiger partial charge < -0.3 is 18.0 Å². The summed E-state index contributed by atoms with van der Waals surface area (Å²) < 4.78 is 60.1. The second kappa shape index (κ2) is 10.7. The SMILES string of the molecule is N.N.O=C(OS(=O)(=O)O)OS(=O)(=O)O.[H-].[H-].[H-].[H-].[Mg+2].[Mg+2]. The minimum absolute atomic E-state index is 0. The van der Waals surface area contributed by atoms with Gasteiger partial charge in [0.05, 0.1) is 0 Å². The standard InChI is InChI=1S/CH2O9S2.2Mg.2H3N.4H/c2-1(9-11(3,4)5)10-12(6,7)8;;;;;;;;/h(H,3,4,5)(H,6,7,8);;;2*1H3;;;;/q;2*+2;;;4*-1. The molecule has 0 saturated carbocycles. The average Bonchev–Trinajstić information content (AvgIpc) is 1.49. The molecule has 16 heavy (non-hydrogen) atoms. The minimum Gasteiger partial charge on any atom is -1.00 e. The van der Waals surface area contributed by atoms with Gasteiger partial charge in [-0.3, -0.25) is 17.5 Å². The zero-order valence-electron chi connectivity index (χ0n) is 11.9. The second-order valence-electron chi connectivity index (χ2n) is 1.27. The molecule has 0 aromatic rings. The van der Waals surface area contributed by atoms with E-state index in [2.05, 4.69) is 8.37 Å². The maximum absolute atomic E-state index is 9.95. The summed E-state index contributed by atoms with van der Waals surface area (Å²) in [5.74, 6) is 0. The first kappa shape index (κ1) is 30.0. The molecule has 0 aromatic heterocycles. The van der Waals surface area contributed by atoms with Gasteiger partial charge in [0.1, 0.15) is 0 Å². The molecule has 0 fully saturated rings. The van der Waals surface area contributed by atoms with Gasteiger partial charge in [0, 0.05) is 0 Å². The molecule has 96 valence electrons. The molecule has 15 heteroatoms. The van der Waals surface area contributed by atoms with E-state index in [1.807, 2.05) is 0 Å². The molecule has 0 spiro atoms. The Morgan fingerprint density at radius 3 is 1.19 bits per heavy atom. The van der Waals surface area contributed by atoms with Crippen molar-refractivity contribution in [2.45, 2.75) is 0 Å². The summed E-state index contributed by atoms with van der Waals surface area (Å²) in [4.78, 5) is 9.95. The molecule has 0 unspecified atom stereocenters. The van der Waals surface area contributed by atoms with Crippen LogP contribution in [0.3, 0.4) is 0 Å². The summed E-state index contributed by atoms with van der Waals surface area (Å²) in [6.07, 6.45) is -2.29. The van der Waals surface area contributed by atoms with Gasteiger partial charge in [0.25, 0.3) is 0 Å². The Hall–Kier alpha value is 0.542. The van der Waals surface area contributed by atoms with E-state index in [0.717, 1.165) is 0 Å². The number of hydrogen-bond acceptors (Lipinski definition) is 9. The number of carbonyl (C=O) groups excluding carboxylic acids is 1. The van der Waals surface area contributed by atoms with Crippen molar-refractivity contribution in [1.29, 1.82) is 0 Å². The summed E-state index contributed by atoms with van der Waals surface area (Å²) in [7, 11) is -10.3. The normalized spacial score (nSPS) is 9.12. The van der Waals surface area contributed by atoms with Crippen molar-refractivity contribution in [2.75, 3.05) is 0 Å². The first-order valence-corrected chi connectivity index (χ1v) is 4.71. The molecule has 0 heterocycles. The Morgan fingerprint density at radius 2 is 1.06 bits per heavy atom. The minimum atomic E-state index is -5.15. The van der Waals surface area contributed by atoms with Crippen molar-refractivity contribution in [3.05, 3.63) is 0 Å². The Bertz CT molecular complexity index is 351. The van der Waals surface area contributed by atoms with Gasteiger partial charge in [0.2, 0.25) is 0 Å². The fraction of sp³-hybridized carbons (Fsp3) is 0. The largest absolute Gasteiger partial charge is 2.00 e. The summed E-state index contributed by atoms with van der Waals surface area (Å²) in [5, 5.41) is 0. The van der Waals surface area contributed by atoms with Crippen LogP contribution in [0, 0.1) is 0 Å². The fourth-order valence-corrected chi connectivity index (χ4v) is 0.641. The summed E-state index contributed by atoms with van der Waals surface area (Å²) in [5.41, 5.74) is 0. The Morgan fingerprint density at radius 1 is 0.875 bits per heavy atom. The average molecular weight is 309 g/mol. The molecule has 0 atom stereocenters. The number of rotatable bonds is 2. The molecule has 0 radical (unpaired) electrons. The molecule has 0 amide bonds. The Balaban J connectivity index is -0.0000000216.